The number of aliphatic hydroxyl groups excluding tert-OH is 1. The Morgan fingerprint density at radius 2 is 2.20 bits per heavy atom. The summed E-state index contributed by atoms with van der Waals surface area (Å²) in [7, 11) is 0. The van der Waals surface area contributed by atoms with E-state index in [0.717, 1.165) is 12.1 Å². The van der Waals surface area contributed by atoms with Crippen molar-refractivity contribution in [2.75, 3.05) is 13.2 Å². The van der Waals surface area contributed by atoms with Gasteiger partial charge in [0.1, 0.15) is 5.52 Å². The van der Waals surface area contributed by atoms with E-state index in [1.165, 1.54) is 0 Å². The Morgan fingerprint density at radius 3 is 2.80 bits per heavy atom. The molecule has 0 spiro atoms. The van der Waals surface area contributed by atoms with Crippen LogP contribution < -0.4 is 0 Å². The van der Waals surface area contributed by atoms with Crippen molar-refractivity contribution in [3.63, 3.8) is 0 Å². The maximum absolute atomic E-state index is 12.5. The lowest BCUT2D eigenvalue weighted by atomic mass is 10.1. The number of aryl methyl sites for hydroxylation is 1. The van der Waals surface area contributed by atoms with E-state index < -0.39 is 0 Å². The van der Waals surface area contributed by atoms with Crippen LogP contribution in [0.5, 0.6) is 0 Å². The van der Waals surface area contributed by atoms with Crippen LogP contribution in [0.15, 0.2) is 18.2 Å². The lowest BCUT2D eigenvalue weighted by Crippen LogP contribution is -2.39. The molecule has 6 nitrogen and oxygen atoms in total. The van der Waals surface area contributed by atoms with Gasteiger partial charge in [-0.25, -0.2) is 4.68 Å². The molecule has 0 aliphatic rings. The molecule has 0 fully saturated rings. The summed E-state index contributed by atoms with van der Waals surface area (Å²) in [5.74, 6) is -0.0954. The molecule has 0 radical (unpaired) electrons. The highest BCUT2D eigenvalue weighted by Gasteiger charge is 2.19. The molecule has 0 aliphatic carbocycles. The Labute approximate surface area is 118 Å². The standard InChI is InChI=1S/C14H20N4O2/c1-4-18-13-6-5-11(9-12(13)15-16-18)14(20)17(7-8-19)10(2)3/h5-6,9-10,19H,4,7-8H2,1-3H3. The Kier molecular flexibility index (Phi) is 4.34. The number of hydrogen-bond donors (Lipinski definition) is 1. The zero-order valence-corrected chi connectivity index (χ0v) is 12.1. The summed E-state index contributed by atoms with van der Waals surface area (Å²) in [6.07, 6.45) is 0. The maximum atomic E-state index is 12.5. The van der Waals surface area contributed by atoms with E-state index in [-0.39, 0.29) is 18.6 Å². The van der Waals surface area contributed by atoms with Crippen LogP contribution in [0, 0.1) is 0 Å². The highest BCUT2D eigenvalue weighted by molar-refractivity contribution is 5.97. The number of amides is 1. The van der Waals surface area contributed by atoms with Crippen molar-refractivity contribution in [2.45, 2.75) is 33.4 Å². The molecule has 2 rings (SSSR count). The van der Waals surface area contributed by atoms with Gasteiger partial charge in [-0.05, 0) is 39.0 Å². The van der Waals surface area contributed by atoms with Gasteiger partial charge in [-0.2, -0.15) is 0 Å². The Balaban J connectivity index is 2.34. The molecule has 1 amide bonds. The smallest absolute Gasteiger partial charge is 0.254 e. The summed E-state index contributed by atoms with van der Waals surface area (Å²) in [5.41, 5.74) is 2.20. The molecule has 1 aromatic heterocycles. The highest BCUT2D eigenvalue weighted by atomic mass is 16.3. The second-order valence-corrected chi connectivity index (χ2v) is 4.92. The van der Waals surface area contributed by atoms with E-state index >= 15 is 0 Å². The third-order valence-electron chi connectivity index (χ3n) is 3.29. The van der Waals surface area contributed by atoms with Crippen molar-refractivity contribution in [2.24, 2.45) is 0 Å². The van der Waals surface area contributed by atoms with E-state index in [9.17, 15) is 4.79 Å². The minimum Gasteiger partial charge on any atom is -0.395 e. The van der Waals surface area contributed by atoms with Gasteiger partial charge in [0.05, 0.1) is 12.1 Å². The Morgan fingerprint density at radius 1 is 1.45 bits per heavy atom. The second kappa shape index (κ2) is 6.00. The van der Waals surface area contributed by atoms with Crippen LogP contribution in [-0.4, -0.2) is 50.1 Å². The van der Waals surface area contributed by atoms with Crippen LogP contribution in [-0.2, 0) is 6.54 Å². The number of nitrogens with zero attached hydrogens (tertiary/aromatic N) is 4. The van der Waals surface area contributed by atoms with Gasteiger partial charge in [0.25, 0.3) is 5.91 Å². The summed E-state index contributed by atoms with van der Waals surface area (Å²) in [5, 5.41) is 17.2. The molecule has 0 unspecified atom stereocenters. The number of carbonyl (C=O) groups is 1. The molecule has 1 heterocycles. The fraction of sp³-hybridized carbons (Fsp3) is 0.500. The van der Waals surface area contributed by atoms with Crippen LogP contribution in [0.1, 0.15) is 31.1 Å². The summed E-state index contributed by atoms with van der Waals surface area (Å²) >= 11 is 0. The maximum Gasteiger partial charge on any atom is 0.254 e. The fourth-order valence-electron chi connectivity index (χ4n) is 2.21. The van der Waals surface area contributed by atoms with E-state index in [1.807, 2.05) is 26.8 Å². The average molecular weight is 276 g/mol. The van der Waals surface area contributed by atoms with Gasteiger partial charge in [-0.3, -0.25) is 4.79 Å². The average Bonchev–Trinajstić information content (AvgIpc) is 2.85. The minimum atomic E-state index is -0.0954. The van der Waals surface area contributed by atoms with Crippen LogP contribution in [0.4, 0.5) is 0 Å². The summed E-state index contributed by atoms with van der Waals surface area (Å²) in [6.45, 7) is 6.88. The van der Waals surface area contributed by atoms with Gasteiger partial charge < -0.3 is 10.0 Å². The SMILES string of the molecule is CCn1nnc2cc(C(=O)N(CCO)C(C)C)ccc21. The number of aliphatic hydroxyl groups is 1. The molecule has 0 atom stereocenters. The molecule has 6 heteroatoms. The Hall–Kier alpha value is -1.95. The molecule has 0 saturated heterocycles. The quantitative estimate of drug-likeness (QED) is 0.893. The van der Waals surface area contributed by atoms with Gasteiger partial charge in [0, 0.05) is 24.7 Å². The van der Waals surface area contributed by atoms with E-state index in [2.05, 4.69) is 10.3 Å². The molecule has 1 aromatic carbocycles. The van der Waals surface area contributed by atoms with Crippen molar-refractivity contribution in [1.82, 2.24) is 19.9 Å². The zero-order valence-electron chi connectivity index (χ0n) is 12.1. The molecule has 20 heavy (non-hydrogen) atoms. The first-order valence-electron chi connectivity index (χ1n) is 6.83. The van der Waals surface area contributed by atoms with Crippen molar-refractivity contribution >= 4 is 16.9 Å². The number of carbonyl (C=O) groups excluding carboxylic acids is 1. The van der Waals surface area contributed by atoms with E-state index in [4.69, 9.17) is 5.11 Å². The first kappa shape index (κ1) is 14.5. The molecule has 2 aromatic rings. The topological polar surface area (TPSA) is 71.2 Å². The monoisotopic (exact) mass is 276 g/mol. The van der Waals surface area contributed by atoms with Crippen LogP contribution in [0.3, 0.4) is 0 Å². The fourth-order valence-corrected chi connectivity index (χ4v) is 2.21. The van der Waals surface area contributed by atoms with Crippen LogP contribution in [0.2, 0.25) is 0 Å². The molecule has 108 valence electrons. The van der Waals surface area contributed by atoms with Crippen LogP contribution >= 0.6 is 0 Å². The van der Waals surface area contributed by atoms with E-state index in [0.29, 0.717) is 17.6 Å². The number of fused-ring (bicyclic) bond motifs is 1. The molecule has 0 aliphatic heterocycles. The van der Waals surface area contributed by atoms with Gasteiger partial charge in [-0.15, -0.1) is 5.10 Å². The third-order valence-corrected chi connectivity index (χ3v) is 3.29. The molecular weight excluding hydrogens is 256 g/mol. The van der Waals surface area contributed by atoms with Crippen LogP contribution in [0.25, 0.3) is 11.0 Å². The van der Waals surface area contributed by atoms with Crippen molar-refractivity contribution < 1.29 is 9.90 Å². The summed E-state index contributed by atoms with van der Waals surface area (Å²) < 4.78 is 1.79. The largest absolute Gasteiger partial charge is 0.395 e. The predicted molar refractivity (Wildman–Crippen MR) is 76.5 cm³/mol. The number of benzene rings is 1. The van der Waals surface area contributed by atoms with Gasteiger partial charge in [0.15, 0.2) is 0 Å². The normalized spacial score (nSPS) is 11.2. The summed E-state index contributed by atoms with van der Waals surface area (Å²) in [6, 6.07) is 5.44. The third kappa shape index (κ3) is 2.65. The first-order chi connectivity index (χ1) is 9.58. The van der Waals surface area contributed by atoms with Gasteiger partial charge in [0.2, 0.25) is 0 Å². The predicted octanol–water partition coefficient (Wildman–Crippen LogP) is 1.29. The zero-order chi connectivity index (χ0) is 14.7. The van der Waals surface area contributed by atoms with Crippen molar-refractivity contribution in [3.8, 4) is 0 Å². The van der Waals surface area contributed by atoms with Gasteiger partial charge in [-0.1, -0.05) is 5.21 Å². The molecule has 1 N–H and O–H groups in total. The molecule has 0 bridgehead atoms. The van der Waals surface area contributed by atoms with Crippen molar-refractivity contribution in [3.05, 3.63) is 23.8 Å². The summed E-state index contributed by atoms with van der Waals surface area (Å²) in [4.78, 5) is 14.1. The lowest BCUT2D eigenvalue weighted by molar-refractivity contribution is 0.0665. The van der Waals surface area contributed by atoms with Crippen molar-refractivity contribution in [1.29, 1.82) is 0 Å². The Bertz CT molecular complexity index is 606. The number of aromatic nitrogens is 3. The first-order valence-corrected chi connectivity index (χ1v) is 6.83. The van der Waals surface area contributed by atoms with E-state index in [1.54, 1.807) is 21.7 Å². The minimum absolute atomic E-state index is 0.0386. The number of hydrogen-bond acceptors (Lipinski definition) is 4. The second-order valence-electron chi connectivity index (χ2n) is 4.92. The highest BCUT2D eigenvalue weighted by Crippen LogP contribution is 2.16. The van der Waals surface area contributed by atoms with Gasteiger partial charge >= 0.3 is 0 Å². The number of rotatable bonds is 5. The molecular formula is C14H20N4O2. The molecule has 0 saturated carbocycles. The lowest BCUT2D eigenvalue weighted by Gasteiger charge is -2.25.